The fourth-order valence-electron chi connectivity index (χ4n) is 3.50. The van der Waals surface area contributed by atoms with Crippen LogP contribution in [0.4, 0.5) is 0 Å². The molecule has 156 valence electrons. The van der Waals surface area contributed by atoms with Gasteiger partial charge in [0.05, 0.1) is 37.4 Å². The molecule has 0 spiro atoms. The average molecular weight is 419 g/mol. The van der Waals surface area contributed by atoms with Gasteiger partial charge in [0.15, 0.2) is 11.5 Å². The van der Waals surface area contributed by atoms with Gasteiger partial charge in [-0.2, -0.15) is 0 Å². The summed E-state index contributed by atoms with van der Waals surface area (Å²) in [5.41, 5.74) is 0.928. The van der Waals surface area contributed by atoms with Crippen molar-refractivity contribution < 1.29 is 22.6 Å². The number of nitrogens with zero attached hydrogens (tertiary/aromatic N) is 1. The molecule has 0 amide bonds. The van der Waals surface area contributed by atoms with E-state index in [1.165, 1.54) is 0 Å². The summed E-state index contributed by atoms with van der Waals surface area (Å²) in [5, 5.41) is 0. The van der Waals surface area contributed by atoms with Gasteiger partial charge in [-0.15, -0.1) is 0 Å². The molecule has 2 aliphatic heterocycles. The predicted molar refractivity (Wildman–Crippen MR) is 109 cm³/mol. The first kappa shape index (κ1) is 20.2. The molecule has 7 nitrogen and oxygen atoms in total. The zero-order valence-corrected chi connectivity index (χ0v) is 17.1. The second-order valence-electron chi connectivity index (χ2n) is 7.16. The molecule has 8 heteroatoms. The molecule has 2 aromatic carbocycles. The van der Waals surface area contributed by atoms with Crippen molar-refractivity contribution in [1.29, 1.82) is 0 Å². The molecule has 0 saturated carbocycles. The number of benzene rings is 2. The maximum Gasteiger partial charge on any atom is 0.241 e. The van der Waals surface area contributed by atoms with Gasteiger partial charge in [-0.1, -0.05) is 30.3 Å². The summed E-state index contributed by atoms with van der Waals surface area (Å²) in [6.07, 6.45) is 0.768. The van der Waals surface area contributed by atoms with E-state index in [9.17, 15) is 8.42 Å². The van der Waals surface area contributed by atoms with Crippen LogP contribution < -0.4 is 14.2 Å². The Morgan fingerprint density at radius 2 is 1.66 bits per heavy atom. The third-order valence-electron chi connectivity index (χ3n) is 5.07. The van der Waals surface area contributed by atoms with E-state index < -0.39 is 10.0 Å². The minimum atomic E-state index is -3.75. The summed E-state index contributed by atoms with van der Waals surface area (Å²) in [4.78, 5) is 2.39. The number of sulfonamides is 1. The van der Waals surface area contributed by atoms with Gasteiger partial charge in [0, 0.05) is 32.1 Å². The van der Waals surface area contributed by atoms with Crippen molar-refractivity contribution in [3.63, 3.8) is 0 Å². The predicted octanol–water partition coefficient (Wildman–Crippen LogP) is 2.20. The number of fused-ring (bicyclic) bond motifs is 1. The van der Waals surface area contributed by atoms with Gasteiger partial charge in [-0.05, 0) is 17.7 Å². The van der Waals surface area contributed by atoms with Crippen molar-refractivity contribution >= 4 is 10.0 Å². The number of nitrogens with one attached hydrogen (secondary N) is 1. The second kappa shape index (κ2) is 9.13. The van der Waals surface area contributed by atoms with E-state index in [4.69, 9.17) is 14.2 Å². The molecule has 0 radical (unpaired) electrons. The van der Waals surface area contributed by atoms with Crippen LogP contribution >= 0.6 is 0 Å². The van der Waals surface area contributed by atoms with Crippen LogP contribution in [0, 0.1) is 0 Å². The average Bonchev–Trinajstić information content (AvgIpc) is 2.99. The lowest BCUT2D eigenvalue weighted by Crippen LogP contribution is -2.43. The summed E-state index contributed by atoms with van der Waals surface area (Å²) in [5.74, 6) is 1.05. The molecule has 2 heterocycles. The molecule has 0 unspecified atom stereocenters. The van der Waals surface area contributed by atoms with Gasteiger partial charge in [0.25, 0.3) is 0 Å². The van der Waals surface area contributed by atoms with Gasteiger partial charge in [-0.3, -0.25) is 4.90 Å². The van der Waals surface area contributed by atoms with Crippen LogP contribution in [0.15, 0.2) is 53.4 Å². The molecule has 29 heavy (non-hydrogen) atoms. The first-order valence-corrected chi connectivity index (χ1v) is 11.4. The van der Waals surface area contributed by atoms with E-state index in [0.29, 0.717) is 44.5 Å². The summed E-state index contributed by atoms with van der Waals surface area (Å²) < 4.78 is 45.9. The minimum Gasteiger partial charge on any atom is -0.490 e. The van der Waals surface area contributed by atoms with Gasteiger partial charge >= 0.3 is 0 Å². The molecular weight excluding hydrogens is 392 g/mol. The minimum absolute atomic E-state index is 0.171. The highest BCUT2D eigenvalue weighted by Crippen LogP contribution is 2.32. The van der Waals surface area contributed by atoms with Crippen LogP contribution in [0.5, 0.6) is 11.5 Å². The fraction of sp³-hybridized carbons (Fsp3) is 0.429. The Labute approximate surface area is 171 Å². The van der Waals surface area contributed by atoms with Crippen molar-refractivity contribution in [3.8, 4) is 11.5 Å². The van der Waals surface area contributed by atoms with Crippen LogP contribution in [-0.4, -0.2) is 59.4 Å². The third-order valence-corrected chi connectivity index (χ3v) is 6.54. The maximum absolute atomic E-state index is 13.2. The number of morpholine rings is 1. The Balaban J connectivity index is 1.57. The standard InChI is InChI=1S/C21H26N2O5S/c24-29(25,18-7-8-20-21(15-18)28-12-4-11-27-20)22-19(17-5-2-1-3-6-17)16-23-9-13-26-14-10-23/h1-3,5-8,15,19,22H,4,9-14,16H2/t19-/m0/s1. The van der Waals surface area contributed by atoms with Crippen LogP contribution in [0.2, 0.25) is 0 Å². The highest BCUT2D eigenvalue weighted by Gasteiger charge is 2.25. The quantitative estimate of drug-likeness (QED) is 0.775. The highest BCUT2D eigenvalue weighted by atomic mass is 32.2. The fourth-order valence-corrected chi connectivity index (χ4v) is 4.73. The van der Waals surface area contributed by atoms with Crippen molar-refractivity contribution in [2.45, 2.75) is 17.4 Å². The normalized spacial score (nSPS) is 18.8. The Kier molecular flexibility index (Phi) is 6.34. The molecule has 4 rings (SSSR count). The zero-order chi connectivity index (χ0) is 20.1. The zero-order valence-electron chi connectivity index (χ0n) is 16.2. The van der Waals surface area contributed by atoms with Crippen molar-refractivity contribution in [2.75, 3.05) is 46.1 Å². The summed E-state index contributed by atoms with van der Waals surface area (Å²) >= 11 is 0. The van der Waals surface area contributed by atoms with Crippen LogP contribution in [0.3, 0.4) is 0 Å². The van der Waals surface area contributed by atoms with Crippen molar-refractivity contribution in [2.24, 2.45) is 0 Å². The lowest BCUT2D eigenvalue weighted by molar-refractivity contribution is 0.0345. The monoisotopic (exact) mass is 418 g/mol. The van der Waals surface area contributed by atoms with Crippen LogP contribution in [-0.2, 0) is 14.8 Å². The Hall–Kier alpha value is -2.13. The molecule has 1 fully saturated rings. The molecule has 1 atom stereocenters. The van der Waals surface area contributed by atoms with Crippen molar-refractivity contribution in [3.05, 3.63) is 54.1 Å². The second-order valence-corrected chi connectivity index (χ2v) is 8.87. The van der Waals surface area contributed by atoms with Gasteiger partial charge in [-0.25, -0.2) is 13.1 Å². The number of hydrogen-bond acceptors (Lipinski definition) is 6. The summed E-state index contributed by atoms with van der Waals surface area (Å²) in [6, 6.07) is 14.1. The number of hydrogen-bond donors (Lipinski definition) is 1. The van der Waals surface area contributed by atoms with Crippen LogP contribution in [0.1, 0.15) is 18.0 Å². The molecule has 1 saturated heterocycles. The molecule has 2 aliphatic rings. The molecular formula is C21H26N2O5S. The Morgan fingerprint density at radius 3 is 2.41 bits per heavy atom. The number of rotatable bonds is 6. The molecule has 0 aliphatic carbocycles. The molecule has 2 aromatic rings. The van der Waals surface area contributed by atoms with E-state index in [1.807, 2.05) is 30.3 Å². The molecule has 1 N–H and O–H groups in total. The Bertz CT molecular complexity index is 914. The number of ether oxygens (including phenoxy) is 3. The van der Waals surface area contributed by atoms with Crippen molar-refractivity contribution in [1.82, 2.24) is 9.62 Å². The van der Waals surface area contributed by atoms with Crippen LogP contribution in [0.25, 0.3) is 0 Å². The first-order valence-electron chi connectivity index (χ1n) is 9.89. The molecule has 0 bridgehead atoms. The van der Waals surface area contributed by atoms with Gasteiger partial charge in [0.2, 0.25) is 10.0 Å². The SMILES string of the molecule is O=S(=O)(N[C@@H](CN1CCOCC1)c1ccccc1)c1ccc2c(c1)OCCCO2. The summed E-state index contributed by atoms with van der Waals surface area (Å²) in [7, 11) is -3.75. The smallest absolute Gasteiger partial charge is 0.241 e. The lowest BCUT2D eigenvalue weighted by Gasteiger charge is -2.31. The van der Waals surface area contributed by atoms with Gasteiger partial charge < -0.3 is 14.2 Å². The van der Waals surface area contributed by atoms with E-state index in [2.05, 4.69) is 9.62 Å². The first-order chi connectivity index (χ1) is 14.1. The van der Waals surface area contributed by atoms with E-state index in [-0.39, 0.29) is 10.9 Å². The molecule has 0 aromatic heterocycles. The Morgan fingerprint density at radius 1 is 0.931 bits per heavy atom. The summed E-state index contributed by atoms with van der Waals surface area (Å²) in [6.45, 7) is 4.55. The van der Waals surface area contributed by atoms with Gasteiger partial charge in [0.1, 0.15) is 0 Å². The van der Waals surface area contributed by atoms with E-state index >= 15 is 0 Å². The topological polar surface area (TPSA) is 77.1 Å². The lowest BCUT2D eigenvalue weighted by atomic mass is 10.1. The highest BCUT2D eigenvalue weighted by molar-refractivity contribution is 7.89. The van der Waals surface area contributed by atoms with E-state index in [0.717, 1.165) is 25.1 Å². The van der Waals surface area contributed by atoms with E-state index in [1.54, 1.807) is 18.2 Å². The third kappa shape index (κ3) is 5.08. The largest absolute Gasteiger partial charge is 0.490 e. The maximum atomic E-state index is 13.2.